The molecule has 0 radical (unpaired) electrons. The molecule has 0 aliphatic carbocycles. The van der Waals surface area contributed by atoms with Gasteiger partial charge in [0.2, 0.25) is 0 Å². The van der Waals surface area contributed by atoms with E-state index in [1.54, 1.807) is 0 Å². The van der Waals surface area contributed by atoms with E-state index in [0.717, 1.165) is 6.54 Å². The van der Waals surface area contributed by atoms with Crippen molar-refractivity contribution in [3.05, 3.63) is 53.6 Å². The molecule has 74 valence electrons. The standard InChI is InChI=1S/C14H13N/c1-10-5-4-7-11-12-6-2-3-8-14(12)15-9-13(10)11/h2-8,15H,9H2,1H3. The molecule has 3 rings (SSSR count). The minimum atomic E-state index is 0.943. The molecule has 1 aliphatic rings. The number of nitrogens with one attached hydrogen (secondary N) is 1. The van der Waals surface area contributed by atoms with Crippen molar-refractivity contribution in [1.29, 1.82) is 0 Å². The molecule has 0 saturated heterocycles. The molecule has 1 nitrogen and oxygen atoms in total. The number of hydrogen-bond donors (Lipinski definition) is 1. The molecule has 0 atom stereocenters. The smallest absolute Gasteiger partial charge is 0.0422 e. The Hall–Kier alpha value is -1.76. The summed E-state index contributed by atoms with van der Waals surface area (Å²) in [6.45, 7) is 3.12. The van der Waals surface area contributed by atoms with Gasteiger partial charge in [-0.1, -0.05) is 36.4 Å². The summed E-state index contributed by atoms with van der Waals surface area (Å²) in [6.07, 6.45) is 0. The van der Waals surface area contributed by atoms with E-state index < -0.39 is 0 Å². The van der Waals surface area contributed by atoms with Crippen LogP contribution in [-0.4, -0.2) is 0 Å². The molecule has 1 heteroatoms. The zero-order valence-electron chi connectivity index (χ0n) is 8.75. The first-order valence-corrected chi connectivity index (χ1v) is 5.28. The third-order valence-electron chi connectivity index (χ3n) is 3.08. The molecule has 0 spiro atoms. The molecular weight excluding hydrogens is 182 g/mol. The quantitative estimate of drug-likeness (QED) is 0.677. The average molecular weight is 195 g/mol. The molecule has 0 saturated carbocycles. The van der Waals surface area contributed by atoms with Gasteiger partial charge in [0.15, 0.2) is 0 Å². The Labute approximate surface area is 89.8 Å². The van der Waals surface area contributed by atoms with Gasteiger partial charge in [0.25, 0.3) is 0 Å². The van der Waals surface area contributed by atoms with Crippen LogP contribution in [-0.2, 0) is 6.54 Å². The Balaban J connectivity index is 2.30. The van der Waals surface area contributed by atoms with E-state index in [1.807, 2.05) is 0 Å². The Morgan fingerprint density at radius 2 is 1.73 bits per heavy atom. The summed E-state index contributed by atoms with van der Waals surface area (Å²) in [7, 11) is 0. The first-order valence-electron chi connectivity index (χ1n) is 5.28. The number of benzene rings is 2. The molecule has 2 aromatic rings. The maximum atomic E-state index is 3.46. The second-order valence-corrected chi connectivity index (χ2v) is 4.00. The van der Waals surface area contributed by atoms with Gasteiger partial charge in [0.1, 0.15) is 0 Å². The average Bonchev–Trinajstić information content (AvgIpc) is 2.29. The fourth-order valence-electron chi connectivity index (χ4n) is 2.25. The fourth-order valence-corrected chi connectivity index (χ4v) is 2.25. The van der Waals surface area contributed by atoms with Crippen molar-refractivity contribution in [2.24, 2.45) is 0 Å². The summed E-state index contributed by atoms with van der Waals surface area (Å²) >= 11 is 0. The highest BCUT2D eigenvalue weighted by Crippen LogP contribution is 2.36. The lowest BCUT2D eigenvalue weighted by atomic mass is 9.92. The molecule has 0 unspecified atom stereocenters. The van der Waals surface area contributed by atoms with Gasteiger partial charge >= 0.3 is 0 Å². The lowest BCUT2D eigenvalue weighted by Gasteiger charge is -2.22. The lowest BCUT2D eigenvalue weighted by Crippen LogP contribution is -2.09. The van der Waals surface area contributed by atoms with E-state index in [-0.39, 0.29) is 0 Å². The molecule has 0 fully saturated rings. The fraction of sp³-hybridized carbons (Fsp3) is 0.143. The monoisotopic (exact) mass is 195 g/mol. The number of fused-ring (bicyclic) bond motifs is 3. The summed E-state index contributed by atoms with van der Waals surface area (Å²) in [4.78, 5) is 0. The SMILES string of the molecule is Cc1cccc2c1CNc1ccccc1-2. The molecule has 0 bridgehead atoms. The summed E-state index contributed by atoms with van der Waals surface area (Å²) in [6, 6.07) is 15.0. The highest BCUT2D eigenvalue weighted by molar-refractivity contribution is 5.83. The highest BCUT2D eigenvalue weighted by Gasteiger charge is 2.15. The van der Waals surface area contributed by atoms with Crippen LogP contribution in [0.25, 0.3) is 11.1 Å². The minimum absolute atomic E-state index is 0.943. The molecule has 2 aromatic carbocycles. The van der Waals surface area contributed by atoms with Crippen molar-refractivity contribution < 1.29 is 0 Å². The summed E-state index contributed by atoms with van der Waals surface area (Å²) in [5.74, 6) is 0. The van der Waals surface area contributed by atoms with Crippen molar-refractivity contribution in [2.45, 2.75) is 13.5 Å². The van der Waals surface area contributed by atoms with Crippen molar-refractivity contribution >= 4 is 5.69 Å². The molecule has 1 N–H and O–H groups in total. The third-order valence-corrected chi connectivity index (χ3v) is 3.08. The first-order chi connectivity index (χ1) is 7.36. The lowest BCUT2D eigenvalue weighted by molar-refractivity contribution is 1.10. The van der Waals surface area contributed by atoms with Crippen LogP contribution in [0.3, 0.4) is 0 Å². The maximum Gasteiger partial charge on any atom is 0.0422 e. The van der Waals surface area contributed by atoms with Gasteiger partial charge in [-0.05, 0) is 29.7 Å². The summed E-state index contributed by atoms with van der Waals surface area (Å²) in [5, 5.41) is 3.46. The second kappa shape index (κ2) is 3.13. The van der Waals surface area contributed by atoms with Gasteiger partial charge in [-0.2, -0.15) is 0 Å². The minimum Gasteiger partial charge on any atom is -0.380 e. The predicted molar refractivity (Wildman–Crippen MR) is 63.9 cm³/mol. The van der Waals surface area contributed by atoms with Crippen LogP contribution in [0.15, 0.2) is 42.5 Å². The molecule has 15 heavy (non-hydrogen) atoms. The van der Waals surface area contributed by atoms with Gasteiger partial charge in [-0.25, -0.2) is 0 Å². The van der Waals surface area contributed by atoms with Crippen LogP contribution in [0.2, 0.25) is 0 Å². The first kappa shape index (κ1) is 8.54. The Morgan fingerprint density at radius 1 is 0.933 bits per heavy atom. The highest BCUT2D eigenvalue weighted by atomic mass is 14.9. The number of anilines is 1. The summed E-state index contributed by atoms with van der Waals surface area (Å²) in [5.41, 5.74) is 6.74. The van der Waals surface area contributed by atoms with Crippen LogP contribution in [0.5, 0.6) is 0 Å². The molecular formula is C14H13N. The van der Waals surface area contributed by atoms with Crippen LogP contribution in [0.1, 0.15) is 11.1 Å². The predicted octanol–water partition coefficient (Wildman–Crippen LogP) is 3.59. The van der Waals surface area contributed by atoms with Crippen LogP contribution in [0.4, 0.5) is 5.69 Å². The molecule has 0 amide bonds. The van der Waals surface area contributed by atoms with E-state index in [9.17, 15) is 0 Å². The third kappa shape index (κ3) is 1.23. The number of rotatable bonds is 0. The topological polar surface area (TPSA) is 12.0 Å². The number of aryl methyl sites for hydroxylation is 1. The zero-order valence-corrected chi connectivity index (χ0v) is 8.75. The number of hydrogen-bond acceptors (Lipinski definition) is 1. The molecule has 1 heterocycles. The van der Waals surface area contributed by atoms with Gasteiger partial charge < -0.3 is 5.32 Å². The van der Waals surface area contributed by atoms with Crippen LogP contribution in [0, 0.1) is 6.92 Å². The van der Waals surface area contributed by atoms with Crippen molar-refractivity contribution in [3.8, 4) is 11.1 Å². The number of para-hydroxylation sites is 1. The Morgan fingerprint density at radius 3 is 2.67 bits per heavy atom. The zero-order chi connectivity index (χ0) is 10.3. The summed E-state index contributed by atoms with van der Waals surface area (Å²) < 4.78 is 0. The van der Waals surface area contributed by atoms with Gasteiger partial charge in [-0.3, -0.25) is 0 Å². The maximum absolute atomic E-state index is 3.46. The van der Waals surface area contributed by atoms with Gasteiger partial charge in [0.05, 0.1) is 0 Å². The van der Waals surface area contributed by atoms with E-state index in [2.05, 4.69) is 54.7 Å². The van der Waals surface area contributed by atoms with Gasteiger partial charge in [0, 0.05) is 17.8 Å². The largest absolute Gasteiger partial charge is 0.380 e. The molecule has 1 aliphatic heterocycles. The molecule has 0 aromatic heterocycles. The van der Waals surface area contributed by atoms with E-state index in [0.29, 0.717) is 0 Å². The van der Waals surface area contributed by atoms with E-state index in [4.69, 9.17) is 0 Å². The van der Waals surface area contributed by atoms with Crippen molar-refractivity contribution in [1.82, 2.24) is 0 Å². The normalized spacial score (nSPS) is 12.6. The Bertz CT molecular complexity index is 514. The van der Waals surface area contributed by atoms with E-state index >= 15 is 0 Å². The van der Waals surface area contributed by atoms with Crippen molar-refractivity contribution in [3.63, 3.8) is 0 Å². The second-order valence-electron chi connectivity index (χ2n) is 4.00. The van der Waals surface area contributed by atoms with Crippen LogP contribution >= 0.6 is 0 Å². The van der Waals surface area contributed by atoms with Gasteiger partial charge in [-0.15, -0.1) is 0 Å². The van der Waals surface area contributed by atoms with Crippen molar-refractivity contribution in [2.75, 3.05) is 5.32 Å². The Kier molecular flexibility index (Phi) is 1.78. The van der Waals surface area contributed by atoms with E-state index in [1.165, 1.54) is 27.9 Å². The van der Waals surface area contributed by atoms with Crippen LogP contribution < -0.4 is 5.32 Å².